The van der Waals surface area contributed by atoms with Crippen molar-refractivity contribution in [3.63, 3.8) is 0 Å². The lowest BCUT2D eigenvalue weighted by Crippen LogP contribution is -2.38. The van der Waals surface area contributed by atoms with Crippen molar-refractivity contribution in [2.45, 2.75) is 63.6 Å². The fourth-order valence-electron chi connectivity index (χ4n) is 3.18. The van der Waals surface area contributed by atoms with Crippen molar-refractivity contribution < 1.29 is 14.2 Å². The van der Waals surface area contributed by atoms with Gasteiger partial charge >= 0.3 is 0 Å². The molecular weight excluding hydrogens is 306 g/mol. The Balaban J connectivity index is 1.38. The van der Waals surface area contributed by atoms with E-state index in [1.54, 1.807) is 7.05 Å². The Morgan fingerprint density at radius 2 is 1.79 bits per heavy atom. The third-order valence-corrected chi connectivity index (χ3v) is 4.58. The third kappa shape index (κ3) is 8.31. The standard InChI is InChI=1S/C18H35N3O3/c1-19-18(21-11-6-14-23-16-7-2-3-8-16)20-10-5-12-22-15-17-9-4-13-24-17/h16-17H,2-15H2,1H3,(H2,19,20,21). The van der Waals surface area contributed by atoms with Crippen LogP contribution in [0.5, 0.6) is 0 Å². The van der Waals surface area contributed by atoms with Crippen molar-refractivity contribution in [1.82, 2.24) is 10.6 Å². The highest BCUT2D eigenvalue weighted by Gasteiger charge is 2.15. The van der Waals surface area contributed by atoms with Crippen molar-refractivity contribution in [2.75, 3.05) is 46.6 Å². The van der Waals surface area contributed by atoms with Gasteiger partial charge in [-0.1, -0.05) is 12.8 Å². The molecule has 0 radical (unpaired) electrons. The van der Waals surface area contributed by atoms with Gasteiger partial charge in [-0.25, -0.2) is 0 Å². The molecule has 2 fully saturated rings. The highest BCUT2D eigenvalue weighted by molar-refractivity contribution is 5.79. The largest absolute Gasteiger partial charge is 0.379 e. The van der Waals surface area contributed by atoms with Gasteiger partial charge in [0.05, 0.1) is 18.8 Å². The Morgan fingerprint density at radius 3 is 2.46 bits per heavy atom. The van der Waals surface area contributed by atoms with Crippen molar-refractivity contribution >= 4 is 5.96 Å². The summed E-state index contributed by atoms with van der Waals surface area (Å²) < 4.78 is 17.0. The monoisotopic (exact) mass is 341 g/mol. The highest BCUT2D eigenvalue weighted by atomic mass is 16.5. The number of ether oxygens (including phenoxy) is 3. The van der Waals surface area contributed by atoms with Gasteiger partial charge in [0.1, 0.15) is 0 Å². The Hall–Kier alpha value is -0.850. The normalized spacial score (nSPS) is 22.2. The van der Waals surface area contributed by atoms with E-state index in [2.05, 4.69) is 15.6 Å². The number of rotatable bonds is 11. The lowest BCUT2D eigenvalue weighted by Gasteiger charge is -2.14. The molecule has 2 aliphatic rings. The van der Waals surface area contributed by atoms with Crippen LogP contribution in [0.1, 0.15) is 51.4 Å². The molecule has 24 heavy (non-hydrogen) atoms. The average molecular weight is 341 g/mol. The molecule has 6 nitrogen and oxygen atoms in total. The average Bonchev–Trinajstić information content (AvgIpc) is 3.29. The Labute approximate surface area is 146 Å². The molecule has 0 aromatic carbocycles. The Morgan fingerprint density at radius 1 is 1.04 bits per heavy atom. The van der Waals surface area contributed by atoms with Crippen LogP contribution < -0.4 is 10.6 Å². The number of hydrogen-bond acceptors (Lipinski definition) is 4. The minimum Gasteiger partial charge on any atom is -0.379 e. The summed E-state index contributed by atoms with van der Waals surface area (Å²) >= 11 is 0. The molecule has 1 aliphatic heterocycles. The SMILES string of the molecule is CN=C(NCCCOCC1CCCO1)NCCCOC1CCCC1. The zero-order valence-electron chi connectivity index (χ0n) is 15.2. The van der Waals surface area contributed by atoms with Crippen LogP contribution in [0.4, 0.5) is 0 Å². The van der Waals surface area contributed by atoms with Gasteiger partial charge < -0.3 is 24.8 Å². The van der Waals surface area contributed by atoms with E-state index in [1.807, 2.05) is 0 Å². The number of nitrogens with zero attached hydrogens (tertiary/aromatic N) is 1. The number of nitrogens with one attached hydrogen (secondary N) is 2. The van der Waals surface area contributed by atoms with E-state index in [-0.39, 0.29) is 0 Å². The van der Waals surface area contributed by atoms with Crippen molar-refractivity contribution in [1.29, 1.82) is 0 Å². The van der Waals surface area contributed by atoms with Gasteiger partial charge in [0.2, 0.25) is 0 Å². The maximum Gasteiger partial charge on any atom is 0.190 e. The quantitative estimate of drug-likeness (QED) is 0.342. The zero-order chi connectivity index (χ0) is 16.9. The first-order chi connectivity index (χ1) is 11.9. The number of guanidine groups is 1. The van der Waals surface area contributed by atoms with E-state index in [4.69, 9.17) is 14.2 Å². The molecule has 0 amide bonds. The zero-order valence-corrected chi connectivity index (χ0v) is 15.2. The van der Waals surface area contributed by atoms with Crippen LogP contribution in [-0.2, 0) is 14.2 Å². The molecule has 0 bridgehead atoms. The van der Waals surface area contributed by atoms with E-state index in [1.165, 1.54) is 32.1 Å². The molecule has 0 aromatic heterocycles. The van der Waals surface area contributed by atoms with E-state index >= 15 is 0 Å². The van der Waals surface area contributed by atoms with E-state index in [0.717, 1.165) is 64.7 Å². The van der Waals surface area contributed by atoms with Crippen LogP contribution in [0.15, 0.2) is 4.99 Å². The summed E-state index contributed by atoms with van der Waals surface area (Å²) in [6, 6.07) is 0. The van der Waals surface area contributed by atoms with Gasteiger partial charge in [0.25, 0.3) is 0 Å². The second-order valence-corrected chi connectivity index (χ2v) is 6.62. The molecule has 1 unspecified atom stereocenters. The van der Waals surface area contributed by atoms with Crippen LogP contribution in [0, 0.1) is 0 Å². The number of aliphatic imine (C=N–C) groups is 1. The van der Waals surface area contributed by atoms with Crippen molar-refractivity contribution in [3.8, 4) is 0 Å². The van der Waals surface area contributed by atoms with Gasteiger partial charge in [0.15, 0.2) is 5.96 Å². The Kier molecular flexibility index (Phi) is 10.1. The molecule has 1 aliphatic carbocycles. The Bertz CT molecular complexity index is 340. The predicted octanol–water partition coefficient (Wildman–Crippen LogP) is 2.09. The van der Waals surface area contributed by atoms with Crippen LogP contribution >= 0.6 is 0 Å². The minimum absolute atomic E-state index is 0.318. The molecular formula is C18H35N3O3. The first-order valence-electron chi connectivity index (χ1n) is 9.64. The summed E-state index contributed by atoms with van der Waals surface area (Å²) in [5, 5.41) is 6.65. The smallest absolute Gasteiger partial charge is 0.190 e. The van der Waals surface area contributed by atoms with E-state index in [9.17, 15) is 0 Å². The second-order valence-electron chi connectivity index (χ2n) is 6.62. The molecule has 6 heteroatoms. The molecule has 1 heterocycles. The molecule has 0 aromatic rings. The topological polar surface area (TPSA) is 64.1 Å². The first kappa shape index (κ1) is 19.5. The molecule has 2 N–H and O–H groups in total. The van der Waals surface area contributed by atoms with Gasteiger partial charge in [0, 0.05) is 40.0 Å². The second kappa shape index (κ2) is 12.5. The van der Waals surface area contributed by atoms with Crippen molar-refractivity contribution in [2.24, 2.45) is 4.99 Å². The summed E-state index contributed by atoms with van der Waals surface area (Å²) in [6.45, 7) is 4.98. The highest BCUT2D eigenvalue weighted by Crippen LogP contribution is 2.20. The van der Waals surface area contributed by atoms with Crippen molar-refractivity contribution in [3.05, 3.63) is 0 Å². The van der Waals surface area contributed by atoms with Crippen LogP contribution in [0.3, 0.4) is 0 Å². The van der Waals surface area contributed by atoms with Gasteiger partial charge in [-0.15, -0.1) is 0 Å². The summed E-state index contributed by atoms with van der Waals surface area (Å²) in [7, 11) is 1.80. The van der Waals surface area contributed by atoms with E-state index < -0.39 is 0 Å². The molecule has 140 valence electrons. The number of hydrogen-bond donors (Lipinski definition) is 2. The van der Waals surface area contributed by atoms with Crippen LogP contribution in [0.2, 0.25) is 0 Å². The van der Waals surface area contributed by atoms with E-state index in [0.29, 0.717) is 12.2 Å². The first-order valence-corrected chi connectivity index (χ1v) is 9.64. The third-order valence-electron chi connectivity index (χ3n) is 4.58. The fourth-order valence-corrected chi connectivity index (χ4v) is 3.18. The summed E-state index contributed by atoms with van der Waals surface area (Å²) in [5.74, 6) is 0.856. The molecule has 0 spiro atoms. The molecule has 1 atom stereocenters. The maximum absolute atomic E-state index is 5.86. The summed E-state index contributed by atoms with van der Waals surface area (Å²) in [6.07, 6.45) is 10.3. The van der Waals surface area contributed by atoms with Gasteiger partial charge in [-0.3, -0.25) is 4.99 Å². The van der Waals surface area contributed by atoms with Crippen LogP contribution in [0.25, 0.3) is 0 Å². The van der Waals surface area contributed by atoms with Gasteiger partial charge in [-0.2, -0.15) is 0 Å². The molecule has 1 saturated carbocycles. The predicted molar refractivity (Wildman–Crippen MR) is 96.6 cm³/mol. The minimum atomic E-state index is 0.318. The maximum atomic E-state index is 5.86. The summed E-state index contributed by atoms with van der Waals surface area (Å²) in [4.78, 5) is 4.24. The lowest BCUT2D eigenvalue weighted by atomic mass is 10.2. The molecule has 1 saturated heterocycles. The molecule has 2 rings (SSSR count). The summed E-state index contributed by atoms with van der Waals surface area (Å²) in [5.41, 5.74) is 0. The lowest BCUT2D eigenvalue weighted by molar-refractivity contribution is 0.0168. The fraction of sp³-hybridized carbons (Fsp3) is 0.944. The van der Waals surface area contributed by atoms with Crippen LogP contribution in [-0.4, -0.2) is 64.7 Å². The van der Waals surface area contributed by atoms with Gasteiger partial charge in [-0.05, 0) is 38.5 Å².